The lowest BCUT2D eigenvalue weighted by Gasteiger charge is -2.09. The molecule has 0 unspecified atom stereocenters. The van der Waals surface area contributed by atoms with E-state index in [0.717, 1.165) is 40.3 Å². The van der Waals surface area contributed by atoms with E-state index in [2.05, 4.69) is 74.6 Å². The number of rotatable bonds is 6. The zero-order valence-electron chi connectivity index (χ0n) is 16.1. The third-order valence-electron chi connectivity index (χ3n) is 4.40. The fourth-order valence-corrected chi connectivity index (χ4v) is 3.06. The molecule has 2 N–H and O–H groups in total. The molecule has 7 nitrogen and oxygen atoms in total. The Morgan fingerprint density at radius 1 is 1.04 bits per heavy atom. The normalized spacial score (nSPS) is 11.1. The number of aromatic nitrogens is 4. The Labute approximate surface area is 163 Å². The number of methoxy groups -OCH3 is 1. The summed E-state index contributed by atoms with van der Waals surface area (Å²) in [5.41, 5.74) is 5.00. The summed E-state index contributed by atoms with van der Waals surface area (Å²) in [6.45, 7) is 0.919. The Kier molecular flexibility index (Phi) is 4.90. The van der Waals surface area contributed by atoms with Crippen molar-refractivity contribution in [2.75, 3.05) is 26.5 Å². The Morgan fingerprint density at radius 2 is 1.86 bits per heavy atom. The fourth-order valence-electron chi connectivity index (χ4n) is 3.06. The van der Waals surface area contributed by atoms with Crippen molar-refractivity contribution in [2.24, 2.45) is 0 Å². The van der Waals surface area contributed by atoms with Crippen LogP contribution in [0.25, 0.3) is 22.3 Å². The molecule has 3 aromatic heterocycles. The molecule has 0 aliphatic rings. The number of nitrogens with zero attached hydrogens (tertiary/aromatic N) is 4. The van der Waals surface area contributed by atoms with Crippen molar-refractivity contribution >= 4 is 22.5 Å². The number of anilines is 2. The van der Waals surface area contributed by atoms with Gasteiger partial charge in [-0.05, 0) is 37.4 Å². The van der Waals surface area contributed by atoms with E-state index in [1.807, 2.05) is 6.07 Å². The van der Waals surface area contributed by atoms with Crippen LogP contribution in [0.2, 0.25) is 0 Å². The van der Waals surface area contributed by atoms with E-state index in [4.69, 9.17) is 4.74 Å². The molecular weight excluding hydrogens is 352 g/mol. The Hall–Kier alpha value is -3.45. The molecule has 1 aromatic carbocycles. The molecule has 0 bridgehead atoms. The van der Waals surface area contributed by atoms with Gasteiger partial charge in [0.15, 0.2) is 0 Å². The minimum Gasteiger partial charge on any atom is -0.481 e. The van der Waals surface area contributed by atoms with Crippen molar-refractivity contribution < 1.29 is 4.74 Å². The second-order valence-electron chi connectivity index (χ2n) is 6.82. The smallest absolute Gasteiger partial charge is 0.213 e. The Balaban J connectivity index is 1.62. The summed E-state index contributed by atoms with van der Waals surface area (Å²) in [4.78, 5) is 18.5. The molecule has 0 spiro atoms. The predicted molar refractivity (Wildman–Crippen MR) is 111 cm³/mol. The molecule has 0 fully saturated rings. The molecule has 0 saturated heterocycles. The molecule has 28 heavy (non-hydrogen) atoms. The van der Waals surface area contributed by atoms with E-state index >= 15 is 0 Å². The zero-order chi connectivity index (χ0) is 19.5. The zero-order valence-corrected chi connectivity index (χ0v) is 16.1. The van der Waals surface area contributed by atoms with Gasteiger partial charge in [-0.2, -0.15) is 0 Å². The van der Waals surface area contributed by atoms with Crippen molar-refractivity contribution in [3.63, 3.8) is 0 Å². The molecule has 0 aliphatic heterocycles. The average molecular weight is 374 g/mol. The van der Waals surface area contributed by atoms with Crippen molar-refractivity contribution in [3.05, 3.63) is 60.6 Å². The van der Waals surface area contributed by atoms with Gasteiger partial charge in [0.05, 0.1) is 24.4 Å². The van der Waals surface area contributed by atoms with Gasteiger partial charge < -0.3 is 19.9 Å². The summed E-state index contributed by atoms with van der Waals surface area (Å²) in [6.07, 6.45) is 3.26. The molecular formula is C21H22N6O. The van der Waals surface area contributed by atoms with Gasteiger partial charge in [0.25, 0.3) is 0 Å². The number of benzene rings is 1. The number of hydrogen-bond acceptors (Lipinski definition) is 6. The molecule has 3 heterocycles. The van der Waals surface area contributed by atoms with Crippen molar-refractivity contribution in [2.45, 2.75) is 6.54 Å². The number of nitrogens with one attached hydrogen (secondary N) is 2. The predicted octanol–water partition coefficient (Wildman–Crippen LogP) is 3.83. The summed E-state index contributed by atoms with van der Waals surface area (Å²) in [5, 5.41) is 4.22. The van der Waals surface area contributed by atoms with Gasteiger partial charge in [0.1, 0.15) is 17.8 Å². The molecule has 0 amide bonds. The fraction of sp³-hybridized carbons (Fsp3) is 0.190. The first-order chi connectivity index (χ1) is 13.6. The highest BCUT2D eigenvalue weighted by molar-refractivity contribution is 5.92. The minimum atomic E-state index is 0.569. The van der Waals surface area contributed by atoms with E-state index in [1.54, 1.807) is 25.7 Å². The third-order valence-corrected chi connectivity index (χ3v) is 4.40. The van der Waals surface area contributed by atoms with E-state index < -0.39 is 0 Å². The second kappa shape index (κ2) is 7.66. The van der Waals surface area contributed by atoms with Crippen LogP contribution in [0.15, 0.2) is 55.0 Å². The highest BCUT2D eigenvalue weighted by atomic mass is 16.5. The van der Waals surface area contributed by atoms with Gasteiger partial charge in [-0.1, -0.05) is 24.3 Å². The lowest BCUT2D eigenvalue weighted by atomic mass is 10.1. The van der Waals surface area contributed by atoms with Crippen LogP contribution >= 0.6 is 0 Å². The van der Waals surface area contributed by atoms with Gasteiger partial charge >= 0.3 is 0 Å². The van der Waals surface area contributed by atoms with E-state index in [-0.39, 0.29) is 0 Å². The number of ether oxygens (including phenoxy) is 1. The number of fused-ring (bicyclic) bond motifs is 1. The summed E-state index contributed by atoms with van der Waals surface area (Å²) < 4.78 is 5.10. The molecule has 142 valence electrons. The molecule has 4 aromatic rings. The molecule has 0 atom stereocenters. The number of aromatic amines is 1. The Morgan fingerprint density at radius 3 is 2.54 bits per heavy atom. The van der Waals surface area contributed by atoms with Crippen molar-refractivity contribution in [1.29, 1.82) is 0 Å². The maximum Gasteiger partial charge on any atom is 0.213 e. The highest BCUT2D eigenvalue weighted by Gasteiger charge is 2.10. The molecule has 0 aliphatic carbocycles. The van der Waals surface area contributed by atoms with Crippen LogP contribution < -0.4 is 10.1 Å². The summed E-state index contributed by atoms with van der Waals surface area (Å²) in [5.74, 6) is 1.30. The summed E-state index contributed by atoms with van der Waals surface area (Å²) in [7, 11) is 5.73. The van der Waals surface area contributed by atoms with Gasteiger partial charge in [-0.25, -0.2) is 15.0 Å². The van der Waals surface area contributed by atoms with Crippen LogP contribution in [0.1, 0.15) is 5.56 Å². The van der Waals surface area contributed by atoms with Crippen molar-refractivity contribution in [3.8, 4) is 17.1 Å². The third kappa shape index (κ3) is 3.79. The van der Waals surface area contributed by atoms with Crippen LogP contribution in [0.5, 0.6) is 5.88 Å². The van der Waals surface area contributed by atoms with Crippen LogP contribution in [-0.4, -0.2) is 46.0 Å². The Bertz CT molecular complexity index is 1070. The van der Waals surface area contributed by atoms with Crippen LogP contribution in [0.3, 0.4) is 0 Å². The second-order valence-corrected chi connectivity index (χ2v) is 6.82. The number of H-pyrrole nitrogens is 1. The van der Waals surface area contributed by atoms with Gasteiger partial charge in [0.2, 0.25) is 5.88 Å². The molecule has 0 saturated carbocycles. The van der Waals surface area contributed by atoms with E-state index in [0.29, 0.717) is 5.88 Å². The molecule has 0 radical (unpaired) electrons. The minimum absolute atomic E-state index is 0.569. The molecule has 4 rings (SSSR count). The SMILES string of the molecule is COc1ccc(Nc2ncnc3[nH]c(-c4ccc(CN(C)C)cc4)cc23)cn1. The molecule has 7 heteroatoms. The van der Waals surface area contributed by atoms with Gasteiger partial charge in [-0.3, -0.25) is 0 Å². The highest BCUT2D eigenvalue weighted by Crippen LogP contribution is 2.28. The number of pyridine rings is 1. The van der Waals surface area contributed by atoms with Gasteiger partial charge in [0, 0.05) is 18.3 Å². The van der Waals surface area contributed by atoms with Crippen LogP contribution in [0.4, 0.5) is 11.5 Å². The summed E-state index contributed by atoms with van der Waals surface area (Å²) in [6, 6.07) is 14.3. The van der Waals surface area contributed by atoms with Crippen molar-refractivity contribution in [1.82, 2.24) is 24.8 Å². The maximum atomic E-state index is 5.10. The lowest BCUT2D eigenvalue weighted by molar-refractivity contribution is 0.398. The summed E-state index contributed by atoms with van der Waals surface area (Å²) >= 11 is 0. The first-order valence-electron chi connectivity index (χ1n) is 8.97. The largest absolute Gasteiger partial charge is 0.481 e. The standard InChI is InChI=1S/C21H22N6O/c1-27(2)12-14-4-6-15(7-5-14)18-10-17-20(23-13-24-21(17)26-18)25-16-8-9-19(28-3)22-11-16/h4-11,13H,12H2,1-3H3,(H2,23,24,25,26). The number of hydrogen-bond donors (Lipinski definition) is 2. The maximum absolute atomic E-state index is 5.10. The first-order valence-corrected chi connectivity index (χ1v) is 8.97. The monoisotopic (exact) mass is 374 g/mol. The lowest BCUT2D eigenvalue weighted by Crippen LogP contribution is -2.10. The first kappa shape index (κ1) is 17.9. The quantitative estimate of drug-likeness (QED) is 0.534. The topological polar surface area (TPSA) is 79.0 Å². The van der Waals surface area contributed by atoms with Gasteiger partial charge in [-0.15, -0.1) is 0 Å². The van der Waals surface area contributed by atoms with E-state index in [9.17, 15) is 0 Å². The van der Waals surface area contributed by atoms with E-state index in [1.165, 1.54) is 5.56 Å². The van der Waals surface area contributed by atoms with Crippen LogP contribution in [-0.2, 0) is 6.54 Å². The van der Waals surface area contributed by atoms with Crippen LogP contribution in [0, 0.1) is 0 Å². The average Bonchev–Trinajstić information content (AvgIpc) is 3.14.